The van der Waals surface area contributed by atoms with Crippen LogP contribution in [0.5, 0.6) is 0 Å². The molecule has 128 valence electrons. The highest BCUT2D eigenvalue weighted by molar-refractivity contribution is 7.09. The van der Waals surface area contributed by atoms with E-state index < -0.39 is 0 Å². The minimum atomic E-state index is -0.0308. The van der Waals surface area contributed by atoms with Gasteiger partial charge in [0.25, 0.3) is 0 Å². The number of thiazole rings is 1. The lowest BCUT2D eigenvalue weighted by molar-refractivity contribution is -0.0737. The highest BCUT2D eigenvalue weighted by atomic mass is 32.1. The summed E-state index contributed by atoms with van der Waals surface area (Å²) in [7, 11) is 0. The predicted molar refractivity (Wildman–Crippen MR) is 94.1 cm³/mol. The van der Waals surface area contributed by atoms with Crippen LogP contribution in [0.1, 0.15) is 30.0 Å². The summed E-state index contributed by atoms with van der Waals surface area (Å²) in [6.07, 6.45) is 6.66. The normalized spacial score (nSPS) is 27.6. The molecule has 1 spiro atoms. The van der Waals surface area contributed by atoms with Gasteiger partial charge >= 0.3 is 0 Å². The molecule has 4 rings (SSSR count). The van der Waals surface area contributed by atoms with Crippen molar-refractivity contribution in [1.82, 2.24) is 19.9 Å². The van der Waals surface area contributed by atoms with Crippen LogP contribution in [0.25, 0.3) is 0 Å². The Kier molecular flexibility index (Phi) is 4.47. The maximum absolute atomic E-state index is 6.23. The maximum atomic E-state index is 6.23. The first-order chi connectivity index (χ1) is 11.7. The summed E-state index contributed by atoms with van der Waals surface area (Å²) in [6, 6.07) is 2.22. The van der Waals surface area contributed by atoms with Crippen molar-refractivity contribution >= 4 is 17.3 Å². The van der Waals surface area contributed by atoms with Gasteiger partial charge < -0.3 is 10.1 Å². The molecular formula is C17H23N5OS. The Bertz CT molecular complexity index is 679. The number of nitrogens with zero attached hydrogens (tertiary/aromatic N) is 4. The van der Waals surface area contributed by atoms with Crippen molar-refractivity contribution in [2.75, 3.05) is 25.0 Å². The quantitative estimate of drug-likeness (QED) is 0.918. The van der Waals surface area contributed by atoms with Gasteiger partial charge in [0.15, 0.2) is 0 Å². The van der Waals surface area contributed by atoms with E-state index in [9.17, 15) is 0 Å². The van der Waals surface area contributed by atoms with Crippen LogP contribution in [0.3, 0.4) is 0 Å². The molecule has 2 saturated heterocycles. The molecule has 0 bridgehead atoms. The number of nitrogens with one attached hydrogen (secondary N) is 1. The molecule has 4 heterocycles. The Balaban J connectivity index is 1.36. The number of rotatable bonds is 4. The van der Waals surface area contributed by atoms with Crippen molar-refractivity contribution in [2.45, 2.75) is 44.4 Å². The van der Waals surface area contributed by atoms with Gasteiger partial charge in [-0.3, -0.25) is 4.90 Å². The monoisotopic (exact) mass is 345 g/mol. The van der Waals surface area contributed by atoms with Crippen LogP contribution >= 0.6 is 11.3 Å². The van der Waals surface area contributed by atoms with E-state index in [1.807, 2.05) is 6.07 Å². The molecule has 2 fully saturated rings. The van der Waals surface area contributed by atoms with Gasteiger partial charge in [0.1, 0.15) is 5.01 Å². The average molecular weight is 345 g/mol. The number of aryl methyl sites for hydroxylation is 1. The SMILES string of the molecule is Cc1csc(CN2CC[C@@]3(C[C@H](Nc4ncccn4)CCO3)C2)n1. The smallest absolute Gasteiger partial charge is 0.222 e. The first-order valence-corrected chi connectivity index (χ1v) is 9.40. The standard InChI is InChI=1S/C17H23N5OS/c1-13-11-24-15(20-13)10-22-7-4-17(12-22)9-14(3-8-23-17)21-16-18-5-2-6-19-16/h2,5-6,11,14H,3-4,7-10,12H2,1H3,(H,18,19,21)/t14-,17-/m1/s1. The van der Waals surface area contributed by atoms with Gasteiger partial charge in [0.05, 0.1) is 12.1 Å². The van der Waals surface area contributed by atoms with Crippen LogP contribution < -0.4 is 5.32 Å². The molecule has 24 heavy (non-hydrogen) atoms. The second-order valence-corrected chi connectivity index (χ2v) is 7.72. The second-order valence-electron chi connectivity index (χ2n) is 6.78. The van der Waals surface area contributed by atoms with Gasteiger partial charge in [-0.1, -0.05) is 0 Å². The fourth-order valence-corrected chi connectivity index (χ4v) is 4.53. The fourth-order valence-electron chi connectivity index (χ4n) is 3.72. The Morgan fingerprint density at radius 1 is 1.42 bits per heavy atom. The van der Waals surface area contributed by atoms with E-state index in [-0.39, 0.29) is 5.60 Å². The largest absolute Gasteiger partial charge is 0.373 e. The van der Waals surface area contributed by atoms with E-state index in [2.05, 4.69) is 37.5 Å². The first-order valence-electron chi connectivity index (χ1n) is 8.52. The van der Waals surface area contributed by atoms with Gasteiger partial charge in [-0.25, -0.2) is 15.0 Å². The lowest BCUT2D eigenvalue weighted by atomic mass is 9.89. The Morgan fingerprint density at radius 2 is 2.29 bits per heavy atom. The number of aromatic nitrogens is 3. The van der Waals surface area contributed by atoms with Crippen LogP contribution in [0.4, 0.5) is 5.95 Å². The highest BCUT2D eigenvalue weighted by Gasteiger charge is 2.43. The van der Waals surface area contributed by atoms with Crippen molar-refractivity contribution in [1.29, 1.82) is 0 Å². The summed E-state index contributed by atoms with van der Waals surface area (Å²) in [5.74, 6) is 0.715. The van der Waals surface area contributed by atoms with Gasteiger partial charge in [-0.2, -0.15) is 0 Å². The fraction of sp³-hybridized carbons (Fsp3) is 0.588. The summed E-state index contributed by atoms with van der Waals surface area (Å²) >= 11 is 1.75. The Labute approximate surface area is 146 Å². The molecule has 6 nitrogen and oxygen atoms in total. The van der Waals surface area contributed by atoms with Crippen molar-refractivity contribution in [3.63, 3.8) is 0 Å². The van der Waals surface area contributed by atoms with E-state index >= 15 is 0 Å². The predicted octanol–water partition coefficient (Wildman–Crippen LogP) is 2.48. The summed E-state index contributed by atoms with van der Waals surface area (Å²) in [5.41, 5.74) is 1.08. The molecule has 1 N–H and O–H groups in total. The first kappa shape index (κ1) is 15.9. The molecule has 0 amide bonds. The van der Waals surface area contributed by atoms with Crippen LogP contribution in [0, 0.1) is 6.92 Å². The summed E-state index contributed by atoms with van der Waals surface area (Å²) in [5, 5.41) is 6.79. The molecule has 2 aromatic heterocycles. The molecule has 0 aliphatic carbocycles. The number of hydrogen-bond acceptors (Lipinski definition) is 7. The van der Waals surface area contributed by atoms with Crippen LogP contribution in [-0.2, 0) is 11.3 Å². The van der Waals surface area contributed by atoms with Gasteiger partial charge in [0, 0.05) is 49.2 Å². The van der Waals surface area contributed by atoms with Gasteiger partial charge in [-0.05, 0) is 32.3 Å². The minimum Gasteiger partial charge on any atom is -0.373 e. The Morgan fingerprint density at radius 3 is 3.08 bits per heavy atom. The molecular weight excluding hydrogens is 322 g/mol. The zero-order chi connectivity index (χ0) is 16.4. The number of anilines is 1. The average Bonchev–Trinajstić information content (AvgIpc) is 3.15. The molecule has 7 heteroatoms. The van der Waals surface area contributed by atoms with Crippen LogP contribution in [0.15, 0.2) is 23.8 Å². The number of likely N-dealkylation sites (tertiary alicyclic amines) is 1. The third-order valence-electron chi connectivity index (χ3n) is 4.81. The lowest BCUT2D eigenvalue weighted by Gasteiger charge is -2.38. The number of hydrogen-bond donors (Lipinski definition) is 1. The molecule has 0 aromatic carbocycles. The summed E-state index contributed by atoms with van der Waals surface area (Å²) < 4.78 is 6.23. The molecule has 2 aromatic rings. The van der Waals surface area contributed by atoms with Crippen molar-refractivity contribution < 1.29 is 4.74 Å². The van der Waals surface area contributed by atoms with Crippen molar-refractivity contribution in [3.8, 4) is 0 Å². The van der Waals surface area contributed by atoms with E-state index in [1.165, 1.54) is 5.01 Å². The second kappa shape index (κ2) is 6.74. The molecule has 0 radical (unpaired) electrons. The van der Waals surface area contributed by atoms with Crippen LogP contribution in [0.2, 0.25) is 0 Å². The third kappa shape index (κ3) is 3.58. The van der Waals surface area contributed by atoms with E-state index in [0.717, 1.165) is 51.2 Å². The zero-order valence-corrected chi connectivity index (χ0v) is 14.8. The van der Waals surface area contributed by atoms with Gasteiger partial charge in [-0.15, -0.1) is 11.3 Å². The molecule has 2 atom stereocenters. The van der Waals surface area contributed by atoms with Crippen molar-refractivity contribution in [2.24, 2.45) is 0 Å². The van der Waals surface area contributed by atoms with E-state index in [1.54, 1.807) is 23.7 Å². The molecule has 2 aliphatic heterocycles. The minimum absolute atomic E-state index is 0.0308. The maximum Gasteiger partial charge on any atom is 0.222 e. The lowest BCUT2D eigenvalue weighted by Crippen LogP contribution is -2.46. The topological polar surface area (TPSA) is 63.2 Å². The van der Waals surface area contributed by atoms with Gasteiger partial charge in [0.2, 0.25) is 5.95 Å². The molecule has 0 unspecified atom stereocenters. The van der Waals surface area contributed by atoms with E-state index in [0.29, 0.717) is 12.0 Å². The Hall–Kier alpha value is -1.57. The molecule has 0 saturated carbocycles. The number of ether oxygens (including phenoxy) is 1. The zero-order valence-electron chi connectivity index (χ0n) is 13.9. The third-order valence-corrected chi connectivity index (χ3v) is 5.76. The summed E-state index contributed by atoms with van der Waals surface area (Å²) in [4.78, 5) is 15.6. The van der Waals surface area contributed by atoms with Crippen LogP contribution in [-0.4, -0.2) is 51.2 Å². The molecule has 2 aliphatic rings. The van der Waals surface area contributed by atoms with Crippen molar-refractivity contribution in [3.05, 3.63) is 34.5 Å². The highest BCUT2D eigenvalue weighted by Crippen LogP contribution is 2.35. The van der Waals surface area contributed by atoms with E-state index in [4.69, 9.17) is 4.74 Å². The summed E-state index contributed by atoms with van der Waals surface area (Å²) in [6.45, 7) is 5.85.